The second-order valence-corrected chi connectivity index (χ2v) is 37.2. The summed E-state index contributed by atoms with van der Waals surface area (Å²) in [5, 5.41) is -0.0291. The number of ketones is 1. The van der Waals surface area contributed by atoms with E-state index in [0.717, 1.165) is 62.2 Å². The van der Waals surface area contributed by atoms with Crippen molar-refractivity contribution in [2.75, 3.05) is 13.7 Å². The molecule has 0 amide bonds. The quantitative estimate of drug-likeness (QED) is 0.0465. The molecule has 0 saturated carbocycles. The lowest BCUT2D eigenvalue weighted by molar-refractivity contribution is -0.359. The van der Waals surface area contributed by atoms with Crippen LogP contribution in [0, 0.1) is 17.8 Å². The van der Waals surface area contributed by atoms with Gasteiger partial charge in [0.25, 0.3) is 0 Å². The summed E-state index contributed by atoms with van der Waals surface area (Å²) < 4.78 is 83.2. The van der Waals surface area contributed by atoms with E-state index in [1.807, 2.05) is 13.0 Å². The highest BCUT2D eigenvalue weighted by Gasteiger charge is 2.66. The SMILES string of the molecule is C=C/C(C)=C/[C@H](C)C[C@@]1(C)CC[C@H]([C@@]23CC[C@](C)(C[C@H]([C@H]4O[C@@](C)([C@@H](O[Si](CC)(CC)CC)[C@@H]5CC[C@]6(CCC[C@@H]([C@@H](C)C(=O)O[C@@H]7C[C@@H]([C@@]8(OC)OCC[C@@H](C)[C@H]8O[Si](C)(C)C(C)(C)C)O[C@@H]7C=C)O6)O5)CC4=O)O2)O3)O1. The summed E-state index contributed by atoms with van der Waals surface area (Å²) in [6, 6.07) is 2.78. The Morgan fingerprint density at radius 1 is 0.885 bits per heavy atom. The molecule has 0 aromatic rings. The number of methoxy groups -OCH3 is 1. The average molecular weight is 1130 g/mol. The monoisotopic (exact) mass is 1130 g/mol. The molecule has 0 aromatic heterocycles. The molecule has 444 valence electrons. The molecule has 1 spiro atoms. The van der Waals surface area contributed by atoms with E-state index in [-0.39, 0.29) is 46.9 Å². The normalized spacial score (nSPS) is 42.8. The lowest BCUT2D eigenvalue weighted by Gasteiger charge is -2.52. The molecule has 78 heavy (non-hydrogen) atoms. The summed E-state index contributed by atoms with van der Waals surface area (Å²) in [5.41, 5.74) is -0.639. The third-order valence-corrected chi connectivity index (χ3v) is 29.7. The van der Waals surface area contributed by atoms with Gasteiger partial charge in [0.15, 0.2) is 34.0 Å². The van der Waals surface area contributed by atoms with E-state index in [1.54, 1.807) is 13.2 Å². The number of rotatable bonds is 21. The maximum absolute atomic E-state index is 14.7. The summed E-state index contributed by atoms with van der Waals surface area (Å²) in [5.74, 6) is -3.54. The molecular weight excluding hydrogens is 1020 g/mol. The first-order valence-corrected chi connectivity index (χ1v) is 35.9. The molecule has 19 atom stereocenters. The third kappa shape index (κ3) is 12.3. The fraction of sp³-hybridized carbons (Fsp3) is 0.871. The molecule has 0 aromatic carbocycles. The van der Waals surface area contributed by atoms with Gasteiger partial charge in [-0.1, -0.05) is 85.8 Å². The average Bonchev–Trinajstić information content (AvgIpc) is 4.34. The van der Waals surface area contributed by atoms with Crippen molar-refractivity contribution < 1.29 is 65.8 Å². The van der Waals surface area contributed by atoms with Crippen LogP contribution in [-0.4, -0.2) is 137 Å². The zero-order valence-corrected chi connectivity index (χ0v) is 53.1. The van der Waals surface area contributed by atoms with Crippen LogP contribution in [0.1, 0.15) is 180 Å². The minimum Gasteiger partial charge on any atom is -0.459 e. The van der Waals surface area contributed by atoms with Crippen molar-refractivity contribution in [2.24, 2.45) is 17.8 Å². The Labute approximate surface area is 472 Å². The Morgan fingerprint density at radius 2 is 1.59 bits per heavy atom. The van der Waals surface area contributed by atoms with Crippen molar-refractivity contribution in [3.63, 3.8) is 0 Å². The summed E-state index contributed by atoms with van der Waals surface area (Å²) in [7, 11) is -2.91. The van der Waals surface area contributed by atoms with Gasteiger partial charge >= 0.3 is 5.97 Å². The minimum atomic E-state index is -2.31. The van der Waals surface area contributed by atoms with Gasteiger partial charge < -0.3 is 56.2 Å². The number of carbonyl (C=O) groups is 2. The van der Waals surface area contributed by atoms with Crippen molar-refractivity contribution in [1.29, 1.82) is 0 Å². The Kier molecular flexibility index (Phi) is 18.7. The van der Waals surface area contributed by atoms with Crippen molar-refractivity contribution in [1.82, 2.24) is 0 Å². The van der Waals surface area contributed by atoms with E-state index < -0.39 is 99.9 Å². The first-order valence-electron chi connectivity index (χ1n) is 30.5. The molecular formula is C62H104O14Si2. The van der Waals surface area contributed by atoms with E-state index in [1.165, 1.54) is 0 Å². The zero-order valence-electron chi connectivity index (χ0n) is 51.1. The molecule has 8 aliphatic heterocycles. The molecule has 0 radical (unpaired) electrons. The van der Waals surface area contributed by atoms with E-state index in [2.05, 4.69) is 115 Å². The van der Waals surface area contributed by atoms with Crippen LogP contribution in [0.3, 0.4) is 0 Å². The molecule has 0 N–H and O–H groups in total. The van der Waals surface area contributed by atoms with Gasteiger partial charge in [-0.3, -0.25) is 9.59 Å². The van der Waals surface area contributed by atoms with E-state index >= 15 is 0 Å². The molecule has 16 heteroatoms. The van der Waals surface area contributed by atoms with Crippen LogP contribution in [-0.2, 0) is 65.8 Å². The van der Waals surface area contributed by atoms with E-state index in [0.29, 0.717) is 57.5 Å². The van der Waals surface area contributed by atoms with Crippen LogP contribution in [0.4, 0.5) is 0 Å². The molecule has 8 heterocycles. The van der Waals surface area contributed by atoms with Gasteiger partial charge in [0, 0.05) is 45.6 Å². The first kappa shape index (κ1) is 62.4. The summed E-state index contributed by atoms with van der Waals surface area (Å²) >= 11 is 0. The van der Waals surface area contributed by atoms with Crippen LogP contribution in [0.15, 0.2) is 37.0 Å². The topological polar surface area (TPSA) is 145 Å². The third-order valence-electron chi connectivity index (χ3n) is 20.7. The number of carbonyl (C=O) groups excluding carboxylic acids is 2. The molecule has 0 aliphatic carbocycles. The van der Waals surface area contributed by atoms with Gasteiger partial charge in [0.2, 0.25) is 5.79 Å². The minimum absolute atomic E-state index is 0.0208. The van der Waals surface area contributed by atoms with Gasteiger partial charge in [-0.25, -0.2) is 0 Å². The predicted molar refractivity (Wildman–Crippen MR) is 306 cm³/mol. The van der Waals surface area contributed by atoms with Gasteiger partial charge in [-0.15, -0.1) is 6.58 Å². The molecule has 8 saturated heterocycles. The van der Waals surface area contributed by atoms with Crippen molar-refractivity contribution in [2.45, 2.75) is 311 Å². The highest BCUT2D eigenvalue weighted by Crippen LogP contribution is 2.56. The second-order valence-electron chi connectivity index (χ2n) is 27.7. The summed E-state index contributed by atoms with van der Waals surface area (Å²) in [4.78, 5) is 29.1. The van der Waals surface area contributed by atoms with Crippen LogP contribution in [0.2, 0.25) is 36.3 Å². The molecule has 0 unspecified atom stereocenters. The predicted octanol–water partition coefficient (Wildman–Crippen LogP) is 12.8. The van der Waals surface area contributed by atoms with Gasteiger partial charge in [0.1, 0.15) is 48.3 Å². The number of esters is 1. The standard InChI is InChI=1S/C62H104O14Si2/c1-19-40(6)35-41(7)37-57(13)30-27-50(72-57)61-33-32-58(14,76-61)39-49(71-61)52-44(63)38-59(15,73-52)54(75-78(21-3,22-4)23-5)47-26-31-60(70-47)29-24-25-46(69-60)43(9)55(64)68-48-36-51(67-45(48)20-2)62(65-16)53(42(8)28-34-66-62)74-77(17,18)56(10,11)12/h19-20,35,41-43,45-54H,1-2,21-34,36-39H2,3-18H3/b40-35+/t41-,42+,43+,45+,46-,47-,48+,49+,50+,51-,52-,53+,54-,57+,58+,59+,60-,61-,62+/m0/s1. The Bertz CT molecular complexity index is 2170. The number of allylic oxidation sites excluding steroid dienone is 3. The number of Topliss-reactive ketones (excluding diaryl/α,β-unsaturated/α-hetero) is 1. The Balaban J connectivity index is 0.953. The lowest BCUT2D eigenvalue weighted by Crippen LogP contribution is -2.64. The Hall–Kier alpha value is -1.65. The summed E-state index contributed by atoms with van der Waals surface area (Å²) in [6.45, 7) is 41.2. The summed E-state index contributed by atoms with van der Waals surface area (Å²) in [6.07, 6.45) is 10.3. The first-order chi connectivity index (χ1) is 36.5. The van der Waals surface area contributed by atoms with Crippen molar-refractivity contribution in [3.05, 3.63) is 37.0 Å². The van der Waals surface area contributed by atoms with Gasteiger partial charge in [-0.05, 0) is 134 Å². The van der Waals surface area contributed by atoms with Crippen molar-refractivity contribution in [3.8, 4) is 0 Å². The fourth-order valence-electron chi connectivity index (χ4n) is 14.7. The van der Waals surface area contributed by atoms with Crippen molar-refractivity contribution >= 4 is 28.4 Å². The van der Waals surface area contributed by atoms with E-state index in [4.69, 9.17) is 56.2 Å². The van der Waals surface area contributed by atoms with E-state index in [9.17, 15) is 9.59 Å². The molecule has 2 bridgehead atoms. The smallest absolute Gasteiger partial charge is 0.311 e. The maximum atomic E-state index is 14.7. The molecule has 14 nitrogen and oxygen atoms in total. The van der Waals surface area contributed by atoms with Crippen LogP contribution < -0.4 is 0 Å². The highest BCUT2D eigenvalue weighted by atomic mass is 28.4. The van der Waals surface area contributed by atoms with Crippen LogP contribution >= 0.6 is 0 Å². The largest absolute Gasteiger partial charge is 0.459 e. The molecule has 8 aliphatic rings. The zero-order chi connectivity index (χ0) is 57.1. The number of ether oxygens (including phenoxy) is 10. The van der Waals surface area contributed by atoms with Gasteiger partial charge in [-0.2, -0.15) is 0 Å². The fourth-order valence-corrected chi connectivity index (χ4v) is 19.0. The highest BCUT2D eigenvalue weighted by molar-refractivity contribution is 6.74. The molecule has 8 rings (SSSR count). The van der Waals surface area contributed by atoms with Crippen LogP contribution in [0.25, 0.3) is 0 Å². The lowest BCUT2D eigenvalue weighted by atomic mass is 9.87. The number of fused-ring (bicyclic) bond motifs is 2. The Morgan fingerprint density at radius 3 is 2.24 bits per heavy atom. The van der Waals surface area contributed by atoms with Crippen LogP contribution in [0.5, 0.6) is 0 Å². The number of hydrogen-bond donors (Lipinski definition) is 0. The van der Waals surface area contributed by atoms with Gasteiger partial charge in [0.05, 0.1) is 42.0 Å². The molecule has 8 fully saturated rings. The maximum Gasteiger partial charge on any atom is 0.311 e. The second kappa shape index (κ2) is 23.4. The number of hydrogen-bond acceptors (Lipinski definition) is 14.